The standard InChI is InChI=1S/C22H15F3N2O3S/c23-22(24,25)17-12-7-13-18(14-17)27-31(28,29)21-19(15-8-3-1-4-9-15)30-20(26-21)16-10-5-2-6-11-16/h1-14,27H. The van der Waals surface area contributed by atoms with Gasteiger partial charge >= 0.3 is 6.18 Å². The van der Waals surface area contributed by atoms with Crippen LogP contribution in [0.3, 0.4) is 0 Å². The number of halogens is 3. The molecule has 9 heteroatoms. The minimum atomic E-state index is -4.61. The van der Waals surface area contributed by atoms with E-state index in [0.717, 1.165) is 18.2 Å². The molecular formula is C22H15F3N2O3S. The van der Waals surface area contributed by atoms with E-state index < -0.39 is 26.8 Å². The Morgan fingerprint density at radius 2 is 1.42 bits per heavy atom. The van der Waals surface area contributed by atoms with E-state index in [9.17, 15) is 21.6 Å². The molecule has 31 heavy (non-hydrogen) atoms. The van der Waals surface area contributed by atoms with E-state index in [-0.39, 0.29) is 17.3 Å². The first-order valence-electron chi connectivity index (χ1n) is 9.06. The molecule has 0 aliphatic heterocycles. The smallest absolute Gasteiger partial charge is 0.416 e. The van der Waals surface area contributed by atoms with Crippen molar-refractivity contribution >= 4 is 15.7 Å². The van der Waals surface area contributed by atoms with Gasteiger partial charge in [-0.2, -0.15) is 26.6 Å². The molecule has 1 aromatic heterocycles. The van der Waals surface area contributed by atoms with Crippen LogP contribution >= 0.6 is 0 Å². The Balaban J connectivity index is 1.80. The van der Waals surface area contributed by atoms with Crippen molar-refractivity contribution in [3.8, 4) is 22.8 Å². The van der Waals surface area contributed by atoms with Crippen molar-refractivity contribution < 1.29 is 26.0 Å². The summed E-state index contributed by atoms with van der Waals surface area (Å²) in [6.07, 6.45) is -4.61. The molecule has 0 fully saturated rings. The van der Waals surface area contributed by atoms with Gasteiger partial charge in [0.2, 0.25) is 10.9 Å². The van der Waals surface area contributed by atoms with Crippen molar-refractivity contribution in [2.24, 2.45) is 0 Å². The second-order valence-electron chi connectivity index (χ2n) is 6.57. The van der Waals surface area contributed by atoms with E-state index >= 15 is 0 Å². The molecular weight excluding hydrogens is 429 g/mol. The van der Waals surface area contributed by atoms with Crippen molar-refractivity contribution in [2.75, 3.05) is 4.72 Å². The molecule has 0 saturated carbocycles. The van der Waals surface area contributed by atoms with Gasteiger partial charge in [-0.15, -0.1) is 0 Å². The SMILES string of the molecule is O=S(=O)(Nc1cccc(C(F)(F)F)c1)c1nc(-c2ccccc2)oc1-c1ccccc1. The van der Waals surface area contributed by atoms with Crippen LogP contribution in [0.25, 0.3) is 22.8 Å². The maximum absolute atomic E-state index is 13.1. The first kappa shape index (κ1) is 20.7. The van der Waals surface area contributed by atoms with Gasteiger partial charge in [-0.05, 0) is 30.3 Å². The highest BCUT2D eigenvalue weighted by molar-refractivity contribution is 7.92. The molecule has 0 unspecified atom stereocenters. The molecule has 5 nitrogen and oxygen atoms in total. The molecule has 1 N–H and O–H groups in total. The van der Waals surface area contributed by atoms with E-state index in [1.165, 1.54) is 6.07 Å². The number of hydrogen-bond acceptors (Lipinski definition) is 4. The highest BCUT2D eigenvalue weighted by atomic mass is 32.2. The number of hydrogen-bond donors (Lipinski definition) is 1. The van der Waals surface area contributed by atoms with E-state index in [1.807, 2.05) is 0 Å². The quantitative estimate of drug-likeness (QED) is 0.421. The highest BCUT2D eigenvalue weighted by Gasteiger charge is 2.32. The summed E-state index contributed by atoms with van der Waals surface area (Å²) in [6, 6.07) is 21.1. The molecule has 0 aliphatic carbocycles. The van der Waals surface area contributed by atoms with Crippen LogP contribution in [-0.4, -0.2) is 13.4 Å². The molecule has 0 amide bonds. The summed E-state index contributed by atoms with van der Waals surface area (Å²) in [5.41, 5.74) is -0.194. The van der Waals surface area contributed by atoms with Gasteiger partial charge in [0, 0.05) is 16.8 Å². The van der Waals surface area contributed by atoms with Crippen LogP contribution in [0.4, 0.5) is 18.9 Å². The van der Waals surface area contributed by atoms with E-state index in [2.05, 4.69) is 9.71 Å². The maximum atomic E-state index is 13.1. The van der Waals surface area contributed by atoms with Crippen molar-refractivity contribution in [2.45, 2.75) is 11.2 Å². The number of sulfonamides is 1. The van der Waals surface area contributed by atoms with Gasteiger partial charge in [0.25, 0.3) is 10.0 Å². The fourth-order valence-corrected chi connectivity index (χ4v) is 4.07. The summed E-state index contributed by atoms with van der Waals surface area (Å²) in [6.45, 7) is 0. The minimum Gasteiger partial charge on any atom is -0.435 e. The van der Waals surface area contributed by atoms with E-state index in [1.54, 1.807) is 60.7 Å². The summed E-state index contributed by atoms with van der Waals surface area (Å²) in [5.74, 6) is 0.0581. The fraction of sp³-hybridized carbons (Fsp3) is 0.0455. The Morgan fingerprint density at radius 1 is 0.806 bits per heavy atom. The van der Waals surface area contributed by atoms with Crippen molar-refractivity contribution in [1.29, 1.82) is 0 Å². The largest absolute Gasteiger partial charge is 0.435 e. The first-order chi connectivity index (χ1) is 14.7. The lowest BCUT2D eigenvalue weighted by atomic mass is 10.2. The van der Waals surface area contributed by atoms with Crippen LogP contribution in [0.15, 0.2) is 94.4 Å². The maximum Gasteiger partial charge on any atom is 0.416 e. The molecule has 158 valence electrons. The summed E-state index contributed by atoms with van der Waals surface area (Å²) >= 11 is 0. The molecule has 4 rings (SSSR count). The molecule has 0 bridgehead atoms. The van der Waals surface area contributed by atoms with Crippen LogP contribution in [0.5, 0.6) is 0 Å². The molecule has 0 atom stereocenters. The van der Waals surface area contributed by atoms with Gasteiger partial charge in [0.05, 0.1) is 5.56 Å². The van der Waals surface area contributed by atoms with Gasteiger partial charge in [-0.25, -0.2) is 0 Å². The third-order valence-corrected chi connectivity index (χ3v) is 5.64. The van der Waals surface area contributed by atoms with Crippen LogP contribution in [-0.2, 0) is 16.2 Å². The van der Waals surface area contributed by atoms with Crippen LogP contribution in [0.1, 0.15) is 5.56 Å². The average molecular weight is 444 g/mol. The van der Waals surface area contributed by atoms with Gasteiger partial charge in [-0.1, -0.05) is 54.6 Å². The zero-order valence-electron chi connectivity index (χ0n) is 15.8. The molecule has 0 spiro atoms. The third-order valence-electron chi connectivity index (χ3n) is 4.35. The van der Waals surface area contributed by atoms with E-state index in [4.69, 9.17) is 4.42 Å². The molecule has 1 heterocycles. The van der Waals surface area contributed by atoms with Crippen LogP contribution in [0, 0.1) is 0 Å². The van der Waals surface area contributed by atoms with Crippen molar-refractivity contribution in [1.82, 2.24) is 4.98 Å². The number of oxazole rings is 1. The zero-order valence-corrected chi connectivity index (χ0v) is 16.6. The Kier molecular flexibility index (Phi) is 5.28. The lowest BCUT2D eigenvalue weighted by Crippen LogP contribution is -2.15. The summed E-state index contributed by atoms with van der Waals surface area (Å²) < 4.78 is 73.1. The number of alkyl halides is 3. The fourth-order valence-electron chi connectivity index (χ4n) is 2.93. The number of aromatic nitrogens is 1. The number of nitrogens with one attached hydrogen (secondary N) is 1. The molecule has 0 saturated heterocycles. The Morgan fingerprint density at radius 3 is 2.03 bits per heavy atom. The van der Waals surface area contributed by atoms with E-state index in [0.29, 0.717) is 11.1 Å². The summed E-state index contributed by atoms with van der Waals surface area (Å²) in [4.78, 5) is 4.16. The van der Waals surface area contributed by atoms with Crippen LogP contribution < -0.4 is 4.72 Å². The lowest BCUT2D eigenvalue weighted by Gasteiger charge is -2.10. The molecule has 4 aromatic rings. The van der Waals surface area contributed by atoms with Gasteiger partial charge < -0.3 is 4.42 Å². The second-order valence-corrected chi connectivity index (χ2v) is 8.17. The minimum absolute atomic E-state index is 0.0149. The predicted molar refractivity (Wildman–Crippen MR) is 110 cm³/mol. The Labute approximate surface area is 176 Å². The van der Waals surface area contributed by atoms with Gasteiger partial charge in [0.1, 0.15) is 0 Å². The van der Waals surface area contributed by atoms with Gasteiger partial charge in [-0.3, -0.25) is 4.72 Å². The predicted octanol–water partition coefficient (Wildman–Crippen LogP) is 5.83. The average Bonchev–Trinajstić information content (AvgIpc) is 3.21. The monoisotopic (exact) mass is 444 g/mol. The molecule has 0 aliphatic rings. The Hall–Kier alpha value is -3.59. The highest BCUT2D eigenvalue weighted by Crippen LogP contribution is 2.34. The Bertz CT molecular complexity index is 1300. The topological polar surface area (TPSA) is 72.2 Å². The number of anilines is 1. The first-order valence-corrected chi connectivity index (χ1v) is 10.5. The van der Waals surface area contributed by atoms with Crippen molar-refractivity contribution in [3.63, 3.8) is 0 Å². The number of benzene rings is 3. The van der Waals surface area contributed by atoms with Gasteiger partial charge in [0.15, 0.2) is 5.76 Å². The third kappa shape index (κ3) is 4.46. The lowest BCUT2D eigenvalue weighted by molar-refractivity contribution is -0.137. The number of rotatable bonds is 5. The molecule has 0 radical (unpaired) electrons. The molecule has 3 aromatic carbocycles. The summed E-state index contributed by atoms with van der Waals surface area (Å²) in [7, 11) is -4.36. The normalized spacial score (nSPS) is 12.0. The van der Waals surface area contributed by atoms with Crippen molar-refractivity contribution in [3.05, 3.63) is 90.5 Å². The second kappa shape index (κ2) is 7.92. The zero-order chi connectivity index (χ0) is 22.1. The summed E-state index contributed by atoms with van der Waals surface area (Å²) in [5, 5.41) is -0.421. The number of nitrogens with zero attached hydrogens (tertiary/aromatic N) is 1. The van der Waals surface area contributed by atoms with Crippen LogP contribution in [0.2, 0.25) is 0 Å².